The minimum Gasteiger partial charge on any atom is -0.306 e. The highest BCUT2D eigenvalue weighted by Gasteiger charge is 2.20. The van der Waals surface area contributed by atoms with E-state index in [9.17, 15) is 0 Å². The second-order valence-corrected chi connectivity index (χ2v) is 6.35. The fourth-order valence-corrected chi connectivity index (χ4v) is 3.91. The van der Waals surface area contributed by atoms with E-state index in [4.69, 9.17) is 23.2 Å². The van der Waals surface area contributed by atoms with Gasteiger partial charge in [-0.25, -0.2) is 0 Å². The van der Waals surface area contributed by atoms with Gasteiger partial charge in [0.1, 0.15) is 0 Å². The van der Waals surface area contributed by atoms with Gasteiger partial charge in [-0.15, -0.1) is 11.3 Å². The van der Waals surface area contributed by atoms with Crippen LogP contribution < -0.4 is 5.32 Å². The van der Waals surface area contributed by atoms with Crippen molar-refractivity contribution in [3.05, 3.63) is 54.6 Å². The number of thiophene rings is 1. The summed E-state index contributed by atoms with van der Waals surface area (Å²) in [5.41, 5.74) is 1.01. The lowest BCUT2D eigenvalue weighted by Crippen LogP contribution is -2.21. The van der Waals surface area contributed by atoms with E-state index in [0.717, 1.165) is 16.6 Å². The highest BCUT2D eigenvalue weighted by Crippen LogP contribution is 2.38. The monoisotopic (exact) mass is 363 g/mol. The van der Waals surface area contributed by atoms with Crippen LogP contribution in [0.3, 0.4) is 0 Å². The summed E-state index contributed by atoms with van der Waals surface area (Å²) < 4.78 is 1.09. The Hall–Kier alpha value is -0.0600. The van der Waals surface area contributed by atoms with E-state index >= 15 is 0 Å². The van der Waals surface area contributed by atoms with Crippen LogP contribution >= 0.6 is 50.5 Å². The molecule has 96 valence electrons. The molecule has 1 aromatic carbocycles. The van der Waals surface area contributed by atoms with Gasteiger partial charge < -0.3 is 5.32 Å². The van der Waals surface area contributed by atoms with Gasteiger partial charge >= 0.3 is 0 Å². The van der Waals surface area contributed by atoms with E-state index in [0.29, 0.717) is 10.0 Å². The Morgan fingerprint density at radius 1 is 1.33 bits per heavy atom. The third kappa shape index (κ3) is 2.91. The smallest absolute Gasteiger partial charge is 0.0697 e. The average Bonchev–Trinajstić information content (AvgIpc) is 2.76. The quantitative estimate of drug-likeness (QED) is 0.753. The summed E-state index contributed by atoms with van der Waals surface area (Å²) in [5.74, 6) is 0. The molecule has 5 heteroatoms. The Labute approximate surface area is 129 Å². The predicted octanol–water partition coefficient (Wildman–Crippen LogP) is 5.52. The van der Waals surface area contributed by atoms with E-state index in [1.54, 1.807) is 17.4 Å². The molecule has 0 amide bonds. The van der Waals surface area contributed by atoms with Crippen molar-refractivity contribution in [2.24, 2.45) is 0 Å². The molecule has 0 fully saturated rings. The Balaban J connectivity index is 2.48. The minimum absolute atomic E-state index is 0.0653. The molecule has 1 atom stereocenters. The Morgan fingerprint density at radius 3 is 2.72 bits per heavy atom. The SMILES string of the molecule is CCNC(c1cccc(Cl)c1Cl)c1sccc1Br. The number of rotatable bonds is 4. The van der Waals surface area contributed by atoms with Crippen LogP contribution in [0.25, 0.3) is 0 Å². The number of hydrogen-bond donors (Lipinski definition) is 1. The first-order valence-electron chi connectivity index (χ1n) is 5.55. The normalized spacial score (nSPS) is 12.7. The van der Waals surface area contributed by atoms with E-state index in [-0.39, 0.29) is 6.04 Å². The number of halogens is 3. The molecule has 0 aliphatic rings. The summed E-state index contributed by atoms with van der Waals surface area (Å²) in [4.78, 5) is 1.21. The number of hydrogen-bond acceptors (Lipinski definition) is 2. The van der Waals surface area contributed by atoms with Crippen molar-refractivity contribution in [3.63, 3.8) is 0 Å². The number of benzene rings is 1. The van der Waals surface area contributed by atoms with E-state index in [2.05, 4.69) is 33.6 Å². The standard InChI is InChI=1S/C13H12BrCl2NS/c1-2-17-12(13-9(14)6-7-18-13)8-4-3-5-10(15)11(8)16/h3-7,12,17H,2H2,1H3. The molecule has 2 aromatic rings. The molecule has 0 spiro atoms. The summed E-state index contributed by atoms with van der Waals surface area (Å²) in [6.07, 6.45) is 0. The Kier molecular flexibility index (Phi) is 5.10. The first kappa shape index (κ1) is 14.4. The van der Waals surface area contributed by atoms with Crippen LogP contribution in [-0.4, -0.2) is 6.54 Å². The third-order valence-corrected chi connectivity index (χ3v) is 5.38. The molecule has 0 saturated carbocycles. The fraction of sp³-hybridized carbons (Fsp3) is 0.231. The zero-order chi connectivity index (χ0) is 13.1. The van der Waals surface area contributed by atoms with Gasteiger partial charge in [-0.1, -0.05) is 42.3 Å². The summed E-state index contributed by atoms with van der Waals surface area (Å²) in [7, 11) is 0. The molecule has 1 aromatic heterocycles. The van der Waals surface area contributed by atoms with Crippen LogP contribution in [0.1, 0.15) is 23.4 Å². The molecule has 2 rings (SSSR count). The third-order valence-electron chi connectivity index (χ3n) is 2.61. The highest BCUT2D eigenvalue weighted by molar-refractivity contribution is 9.10. The molecule has 0 radical (unpaired) electrons. The maximum absolute atomic E-state index is 6.31. The summed E-state index contributed by atoms with van der Waals surface area (Å²) >= 11 is 17.7. The van der Waals surface area contributed by atoms with Crippen LogP contribution in [0.5, 0.6) is 0 Å². The van der Waals surface area contributed by atoms with E-state index < -0.39 is 0 Å². The van der Waals surface area contributed by atoms with Crippen molar-refractivity contribution in [1.29, 1.82) is 0 Å². The van der Waals surface area contributed by atoms with Crippen molar-refractivity contribution in [3.8, 4) is 0 Å². The maximum Gasteiger partial charge on any atom is 0.0697 e. The molecular weight excluding hydrogens is 353 g/mol. The first-order chi connectivity index (χ1) is 8.65. The lowest BCUT2D eigenvalue weighted by Gasteiger charge is -2.19. The van der Waals surface area contributed by atoms with Crippen molar-refractivity contribution < 1.29 is 0 Å². The average molecular weight is 365 g/mol. The van der Waals surface area contributed by atoms with Gasteiger partial charge in [0, 0.05) is 9.35 Å². The van der Waals surface area contributed by atoms with Crippen molar-refractivity contribution in [2.45, 2.75) is 13.0 Å². The second-order valence-electron chi connectivity index (χ2n) is 3.77. The van der Waals surface area contributed by atoms with Crippen LogP contribution in [0, 0.1) is 0 Å². The van der Waals surface area contributed by atoms with Crippen molar-refractivity contribution in [1.82, 2.24) is 5.32 Å². The lowest BCUT2D eigenvalue weighted by atomic mass is 10.1. The maximum atomic E-state index is 6.31. The molecule has 0 aliphatic carbocycles. The molecule has 1 nitrogen and oxygen atoms in total. The van der Waals surface area contributed by atoms with Gasteiger partial charge in [0.2, 0.25) is 0 Å². The summed E-state index contributed by atoms with van der Waals surface area (Å²) in [6, 6.07) is 7.85. The molecule has 1 unspecified atom stereocenters. The van der Waals surface area contributed by atoms with Crippen LogP contribution in [0.15, 0.2) is 34.1 Å². The first-order valence-corrected chi connectivity index (χ1v) is 7.98. The molecule has 1 heterocycles. The highest BCUT2D eigenvalue weighted by atomic mass is 79.9. The predicted molar refractivity (Wildman–Crippen MR) is 84.0 cm³/mol. The van der Waals surface area contributed by atoms with Gasteiger partial charge in [0.05, 0.1) is 16.1 Å². The summed E-state index contributed by atoms with van der Waals surface area (Å²) in [5, 5.41) is 6.71. The number of nitrogens with one attached hydrogen (secondary N) is 1. The Bertz CT molecular complexity index is 542. The molecule has 0 saturated heterocycles. The van der Waals surface area contributed by atoms with Crippen LogP contribution in [0.4, 0.5) is 0 Å². The van der Waals surface area contributed by atoms with Crippen molar-refractivity contribution >= 4 is 50.5 Å². The zero-order valence-electron chi connectivity index (χ0n) is 9.71. The molecule has 1 N–H and O–H groups in total. The minimum atomic E-state index is 0.0653. The summed E-state index contributed by atoms with van der Waals surface area (Å²) in [6.45, 7) is 2.94. The van der Waals surface area contributed by atoms with Crippen molar-refractivity contribution in [2.75, 3.05) is 6.54 Å². The zero-order valence-corrected chi connectivity index (χ0v) is 13.6. The van der Waals surface area contributed by atoms with Gasteiger partial charge in [-0.2, -0.15) is 0 Å². The molecular formula is C13H12BrCl2NS. The lowest BCUT2D eigenvalue weighted by molar-refractivity contribution is 0.638. The largest absolute Gasteiger partial charge is 0.306 e. The topological polar surface area (TPSA) is 12.0 Å². The van der Waals surface area contributed by atoms with Crippen LogP contribution in [0.2, 0.25) is 10.0 Å². The van der Waals surface area contributed by atoms with Gasteiger partial charge in [-0.05, 0) is 45.6 Å². The van der Waals surface area contributed by atoms with Gasteiger partial charge in [0.15, 0.2) is 0 Å². The Morgan fingerprint density at radius 2 is 2.11 bits per heavy atom. The van der Waals surface area contributed by atoms with Gasteiger partial charge in [0.25, 0.3) is 0 Å². The molecule has 0 aliphatic heterocycles. The van der Waals surface area contributed by atoms with Crippen LogP contribution in [-0.2, 0) is 0 Å². The van der Waals surface area contributed by atoms with Gasteiger partial charge in [-0.3, -0.25) is 0 Å². The molecule has 0 bridgehead atoms. The van der Waals surface area contributed by atoms with E-state index in [1.807, 2.05) is 18.2 Å². The van der Waals surface area contributed by atoms with E-state index in [1.165, 1.54) is 4.88 Å². The fourth-order valence-electron chi connectivity index (χ4n) is 1.80. The second kappa shape index (κ2) is 6.40. The molecule has 18 heavy (non-hydrogen) atoms.